The summed E-state index contributed by atoms with van der Waals surface area (Å²) in [4.78, 5) is 11.1. The monoisotopic (exact) mass is 299 g/mol. The number of amides is 1. The molecule has 114 valence electrons. The molecule has 9 heteroatoms. The molecule has 1 rings (SSSR count). The number of halogens is 5. The van der Waals surface area contributed by atoms with E-state index in [0.717, 1.165) is 0 Å². The van der Waals surface area contributed by atoms with Crippen molar-refractivity contribution in [2.24, 2.45) is 0 Å². The zero-order valence-corrected chi connectivity index (χ0v) is 11.3. The van der Waals surface area contributed by atoms with Crippen molar-refractivity contribution in [3.05, 3.63) is 11.4 Å². The van der Waals surface area contributed by atoms with E-state index in [2.05, 4.69) is 5.10 Å². The topological polar surface area (TPSA) is 46.9 Å². The fourth-order valence-electron chi connectivity index (χ4n) is 1.67. The molecule has 0 spiro atoms. The quantitative estimate of drug-likeness (QED) is 0.871. The fraction of sp³-hybridized carbons (Fsp3) is 0.636. The lowest BCUT2D eigenvalue weighted by molar-refractivity contribution is -0.267. The third kappa shape index (κ3) is 2.75. The number of anilines is 1. The Hall–Kier alpha value is -1.67. The van der Waals surface area contributed by atoms with E-state index in [1.165, 1.54) is 18.5 Å². The summed E-state index contributed by atoms with van der Waals surface area (Å²) in [6.07, 6.45) is -5.94. The molecule has 1 heterocycles. The van der Waals surface area contributed by atoms with Crippen molar-refractivity contribution < 1.29 is 26.7 Å². The highest BCUT2D eigenvalue weighted by molar-refractivity contribution is 5.97. The van der Waals surface area contributed by atoms with Crippen LogP contribution < -0.4 is 5.32 Å². The summed E-state index contributed by atoms with van der Waals surface area (Å²) in [6, 6.07) is -0.123. The first-order valence-corrected chi connectivity index (χ1v) is 5.71. The lowest BCUT2D eigenvalue weighted by Gasteiger charge is -2.18. The van der Waals surface area contributed by atoms with E-state index in [4.69, 9.17) is 0 Å². The first-order valence-electron chi connectivity index (χ1n) is 5.71. The summed E-state index contributed by atoms with van der Waals surface area (Å²) in [5, 5.41) is 5.59. The van der Waals surface area contributed by atoms with Crippen molar-refractivity contribution in [1.29, 1.82) is 0 Å². The van der Waals surface area contributed by atoms with E-state index >= 15 is 0 Å². The molecule has 0 aliphatic heterocycles. The molecule has 20 heavy (non-hydrogen) atoms. The molecule has 0 radical (unpaired) electrons. The molecule has 0 saturated heterocycles. The lowest BCUT2D eigenvalue weighted by Crippen LogP contribution is -2.47. The molecule has 1 amide bonds. The molecule has 0 aliphatic carbocycles. The molecule has 1 aromatic heterocycles. The van der Waals surface area contributed by atoms with Gasteiger partial charge < -0.3 is 5.32 Å². The van der Waals surface area contributed by atoms with Gasteiger partial charge in [-0.15, -0.1) is 0 Å². The Bertz CT molecular complexity index is 519. The average Bonchev–Trinajstić information content (AvgIpc) is 2.55. The molecular weight excluding hydrogens is 285 g/mol. The lowest BCUT2D eigenvalue weighted by atomic mass is 10.2. The maximum atomic E-state index is 12.9. The average molecular weight is 299 g/mol. The highest BCUT2D eigenvalue weighted by Crippen LogP contribution is 2.36. The van der Waals surface area contributed by atoms with Crippen LogP contribution in [0.5, 0.6) is 0 Å². The van der Waals surface area contributed by atoms with Crippen LogP contribution in [0.4, 0.5) is 27.6 Å². The van der Waals surface area contributed by atoms with E-state index in [0.29, 0.717) is 5.69 Å². The van der Waals surface area contributed by atoms with Crippen LogP contribution in [0.25, 0.3) is 0 Å². The van der Waals surface area contributed by atoms with Gasteiger partial charge in [-0.2, -0.15) is 27.1 Å². The Balaban J connectivity index is 3.09. The normalized spacial score (nSPS) is 12.9. The molecule has 0 unspecified atom stereocenters. The van der Waals surface area contributed by atoms with Gasteiger partial charge in [-0.25, -0.2) is 0 Å². The van der Waals surface area contributed by atoms with Gasteiger partial charge in [-0.3, -0.25) is 9.48 Å². The minimum absolute atomic E-state index is 0.123. The summed E-state index contributed by atoms with van der Waals surface area (Å²) in [7, 11) is 0. The molecular formula is C11H14F5N3O. The number of nitrogens with one attached hydrogen (secondary N) is 1. The number of alkyl halides is 5. The summed E-state index contributed by atoms with van der Waals surface area (Å²) in [5.74, 6) is -7.87. The Morgan fingerprint density at radius 1 is 1.20 bits per heavy atom. The third-order valence-electron chi connectivity index (χ3n) is 2.69. The van der Waals surface area contributed by atoms with Gasteiger partial charge in [0.1, 0.15) is 0 Å². The standard InChI is InChI=1S/C11H14F5N3O/c1-5(2)19-7(4)8(6(3)18-19)17-9(20)10(12,13)11(14,15)16/h5H,1-4H3,(H,17,20). The summed E-state index contributed by atoms with van der Waals surface area (Å²) in [6.45, 7) is 6.40. The van der Waals surface area contributed by atoms with Crippen LogP contribution in [0.2, 0.25) is 0 Å². The first-order chi connectivity index (χ1) is 8.89. The second-order valence-corrected chi connectivity index (χ2v) is 4.61. The zero-order chi connectivity index (χ0) is 15.9. The Kier molecular flexibility index (Phi) is 4.12. The highest BCUT2D eigenvalue weighted by atomic mass is 19.4. The first kappa shape index (κ1) is 16.4. The number of nitrogens with zero attached hydrogens (tertiary/aromatic N) is 2. The van der Waals surface area contributed by atoms with Gasteiger partial charge >= 0.3 is 18.0 Å². The van der Waals surface area contributed by atoms with Crippen molar-refractivity contribution in [1.82, 2.24) is 9.78 Å². The highest BCUT2D eigenvalue weighted by Gasteiger charge is 2.63. The van der Waals surface area contributed by atoms with Crippen LogP contribution in [0.15, 0.2) is 0 Å². The van der Waals surface area contributed by atoms with Crippen molar-refractivity contribution in [2.75, 3.05) is 5.32 Å². The number of carbonyl (C=O) groups excluding carboxylic acids is 1. The molecule has 4 nitrogen and oxygen atoms in total. The van der Waals surface area contributed by atoms with E-state index in [1.807, 2.05) is 0 Å². The third-order valence-corrected chi connectivity index (χ3v) is 2.69. The fourth-order valence-corrected chi connectivity index (χ4v) is 1.67. The van der Waals surface area contributed by atoms with Crippen molar-refractivity contribution in [3.63, 3.8) is 0 Å². The minimum atomic E-state index is -5.94. The number of aryl methyl sites for hydroxylation is 1. The molecule has 1 aromatic rings. The Labute approximate surface area is 111 Å². The predicted molar refractivity (Wildman–Crippen MR) is 61.7 cm³/mol. The van der Waals surface area contributed by atoms with E-state index in [-0.39, 0.29) is 17.4 Å². The summed E-state index contributed by atoms with van der Waals surface area (Å²) < 4.78 is 63.4. The van der Waals surface area contributed by atoms with E-state index < -0.39 is 18.0 Å². The SMILES string of the molecule is Cc1nn(C(C)C)c(C)c1NC(=O)C(F)(F)C(F)(F)F. The maximum Gasteiger partial charge on any atom is 0.463 e. The van der Waals surface area contributed by atoms with Crippen molar-refractivity contribution in [2.45, 2.75) is 45.8 Å². The number of hydrogen-bond donors (Lipinski definition) is 1. The number of rotatable bonds is 3. The maximum absolute atomic E-state index is 12.9. The van der Waals surface area contributed by atoms with Crippen LogP contribution in [0.3, 0.4) is 0 Å². The van der Waals surface area contributed by atoms with Gasteiger partial charge in [0.25, 0.3) is 0 Å². The van der Waals surface area contributed by atoms with Crippen LogP contribution in [-0.2, 0) is 4.79 Å². The van der Waals surface area contributed by atoms with Gasteiger partial charge in [0.15, 0.2) is 0 Å². The van der Waals surface area contributed by atoms with Crippen LogP contribution in [0.1, 0.15) is 31.3 Å². The van der Waals surface area contributed by atoms with Gasteiger partial charge in [0.05, 0.1) is 17.1 Å². The van der Waals surface area contributed by atoms with E-state index in [1.54, 1.807) is 19.2 Å². The number of aromatic nitrogens is 2. The molecule has 1 N–H and O–H groups in total. The van der Waals surface area contributed by atoms with Crippen molar-refractivity contribution >= 4 is 11.6 Å². The number of carbonyl (C=O) groups is 1. The van der Waals surface area contributed by atoms with E-state index in [9.17, 15) is 26.7 Å². The largest absolute Gasteiger partial charge is 0.463 e. The Morgan fingerprint density at radius 3 is 2.05 bits per heavy atom. The molecule has 0 saturated carbocycles. The van der Waals surface area contributed by atoms with Crippen LogP contribution >= 0.6 is 0 Å². The molecule has 0 fully saturated rings. The molecule has 0 bridgehead atoms. The molecule has 0 aromatic carbocycles. The van der Waals surface area contributed by atoms with Crippen LogP contribution in [0, 0.1) is 13.8 Å². The number of hydrogen-bond acceptors (Lipinski definition) is 2. The van der Waals surface area contributed by atoms with Gasteiger partial charge in [0.2, 0.25) is 0 Å². The minimum Gasteiger partial charge on any atom is -0.317 e. The smallest absolute Gasteiger partial charge is 0.317 e. The summed E-state index contributed by atoms with van der Waals surface area (Å²) >= 11 is 0. The second kappa shape index (κ2) is 5.02. The zero-order valence-electron chi connectivity index (χ0n) is 11.3. The van der Waals surface area contributed by atoms with Crippen molar-refractivity contribution in [3.8, 4) is 0 Å². The predicted octanol–water partition coefficient (Wildman–Crippen LogP) is 3.22. The van der Waals surface area contributed by atoms with Crippen LogP contribution in [-0.4, -0.2) is 27.8 Å². The molecule has 0 aliphatic rings. The van der Waals surface area contributed by atoms with Gasteiger partial charge in [-0.05, 0) is 27.7 Å². The van der Waals surface area contributed by atoms with Gasteiger partial charge in [-0.1, -0.05) is 0 Å². The second-order valence-electron chi connectivity index (χ2n) is 4.61. The summed E-state index contributed by atoms with van der Waals surface area (Å²) in [5.41, 5.74) is 0.346. The molecule has 0 atom stereocenters. The Morgan fingerprint density at radius 2 is 1.70 bits per heavy atom. The van der Waals surface area contributed by atoms with Gasteiger partial charge in [0, 0.05) is 6.04 Å².